The third-order valence-electron chi connectivity index (χ3n) is 7.94. The molecule has 5 heterocycles. The van der Waals surface area contributed by atoms with Crippen molar-refractivity contribution in [2.75, 3.05) is 56.6 Å². The van der Waals surface area contributed by atoms with Crippen molar-refractivity contribution in [3.63, 3.8) is 0 Å². The van der Waals surface area contributed by atoms with Gasteiger partial charge < -0.3 is 24.4 Å². The zero-order valence-electron chi connectivity index (χ0n) is 21.5. The van der Waals surface area contributed by atoms with Crippen LogP contribution in [0, 0.1) is 0 Å². The lowest BCUT2D eigenvalue weighted by atomic mass is 9.95. The molecule has 0 unspecified atom stereocenters. The molecule has 37 heavy (non-hydrogen) atoms. The Morgan fingerprint density at radius 3 is 2.73 bits per heavy atom. The molecule has 0 bridgehead atoms. The maximum absolute atomic E-state index is 12.1. The van der Waals surface area contributed by atoms with Gasteiger partial charge in [-0.05, 0) is 50.9 Å². The number of piperidine rings is 1. The number of ether oxygens (including phenoxy) is 1. The molecule has 6 rings (SSSR count). The summed E-state index contributed by atoms with van der Waals surface area (Å²) in [6, 6.07) is 8.17. The van der Waals surface area contributed by atoms with Crippen molar-refractivity contribution < 1.29 is 9.53 Å². The number of hydrogen-bond donors (Lipinski definition) is 1. The van der Waals surface area contributed by atoms with Crippen molar-refractivity contribution in [3.05, 3.63) is 48.2 Å². The van der Waals surface area contributed by atoms with Gasteiger partial charge in [0.15, 0.2) is 5.78 Å². The second-order valence-corrected chi connectivity index (χ2v) is 10.3. The SMILES string of the molecule is COc1cccc(-c2cn(CCN3CCCC3)c(C3CCN(c4ncnc5c4CC(=O)CN5)CC3)n2)c1. The summed E-state index contributed by atoms with van der Waals surface area (Å²) in [6.07, 6.45) is 8.84. The topological polar surface area (TPSA) is 88.4 Å². The number of carbonyl (C=O) groups excluding carboxylic acids is 1. The summed E-state index contributed by atoms with van der Waals surface area (Å²) in [5, 5.41) is 3.14. The van der Waals surface area contributed by atoms with Gasteiger partial charge in [0.2, 0.25) is 0 Å². The zero-order chi connectivity index (χ0) is 25.2. The molecule has 1 N–H and O–H groups in total. The van der Waals surface area contributed by atoms with Crippen LogP contribution in [0.5, 0.6) is 5.75 Å². The highest BCUT2D eigenvalue weighted by Crippen LogP contribution is 2.34. The Bertz CT molecular complexity index is 1260. The molecule has 2 saturated heterocycles. The molecule has 3 aromatic rings. The van der Waals surface area contributed by atoms with E-state index in [0.717, 1.165) is 73.2 Å². The Hall–Kier alpha value is -3.46. The number of nitrogens with zero attached hydrogens (tertiary/aromatic N) is 6. The summed E-state index contributed by atoms with van der Waals surface area (Å²) in [7, 11) is 1.70. The molecule has 3 aliphatic heterocycles. The fourth-order valence-electron chi connectivity index (χ4n) is 5.89. The lowest BCUT2D eigenvalue weighted by Gasteiger charge is -2.34. The third-order valence-corrected chi connectivity index (χ3v) is 7.94. The molecule has 2 aromatic heterocycles. The van der Waals surface area contributed by atoms with E-state index in [0.29, 0.717) is 18.9 Å². The summed E-state index contributed by atoms with van der Waals surface area (Å²) >= 11 is 0. The van der Waals surface area contributed by atoms with E-state index in [1.54, 1.807) is 13.4 Å². The van der Waals surface area contributed by atoms with Gasteiger partial charge in [-0.15, -0.1) is 0 Å². The van der Waals surface area contributed by atoms with Crippen LogP contribution in [-0.4, -0.2) is 76.6 Å². The van der Waals surface area contributed by atoms with Crippen molar-refractivity contribution in [2.24, 2.45) is 0 Å². The minimum atomic E-state index is 0.184. The molecule has 0 spiro atoms. The highest BCUT2D eigenvalue weighted by atomic mass is 16.5. The number of hydrogen-bond acceptors (Lipinski definition) is 8. The minimum Gasteiger partial charge on any atom is -0.497 e. The largest absolute Gasteiger partial charge is 0.497 e. The van der Waals surface area contributed by atoms with E-state index in [1.165, 1.54) is 31.8 Å². The van der Waals surface area contributed by atoms with E-state index in [9.17, 15) is 4.79 Å². The molecule has 2 fully saturated rings. The molecule has 9 heteroatoms. The molecule has 0 amide bonds. The first-order valence-electron chi connectivity index (χ1n) is 13.5. The van der Waals surface area contributed by atoms with Crippen LogP contribution in [0.25, 0.3) is 11.3 Å². The van der Waals surface area contributed by atoms with E-state index in [4.69, 9.17) is 9.72 Å². The number of Topliss-reactive ketones (excluding diaryl/α,β-unsaturated/α-hetero) is 1. The number of methoxy groups -OCH3 is 1. The summed E-state index contributed by atoms with van der Waals surface area (Å²) in [5.41, 5.74) is 3.03. The monoisotopic (exact) mass is 501 g/mol. The van der Waals surface area contributed by atoms with Gasteiger partial charge in [-0.2, -0.15) is 0 Å². The van der Waals surface area contributed by atoms with Crippen LogP contribution < -0.4 is 15.0 Å². The molecular formula is C28H35N7O2. The predicted molar refractivity (Wildman–Crippen MR) is 143 cm³/mol. The fourth-order valence-corrected chi connectivity index (χ4v) is 5.89. The Morgan fingerprint density at radius 2 is 1.92 bits per heavy atom. The first-order chi connectivity index (χ1) is 18.2. The highest BCUT2D eigenvalue weighted by molar-refractivity contribution is 5.90. The molecule has 3 aliphatic rings. The fraction of sp³-hybridized carbons (Fsp3) is 0.500. The molecule has 0 atom stereocenters. The van der Waals surface area contributed by atoms with Gasteiger partial charge in [-0.25, -0.2) is 15.0 Å². The van der Waals surface area contributed by atoms with E-state index >= 15 is 0 Å². The molecule has 194 valence electrons. The summed E-state index contributed by atoms with van der Waals surface area (Å²) in [6.45, 7) is 6.54. The van der Waals surface area contributed by atoms with Gasteiger partial charge in [0.05, 0.1) is 19.3 Å². The van der Waals surface area contributed by atoms with Crippen LogP contribution >= 0.6 is 0 Å². The maximum atomic E-state index is 12.1. The number of aromatic nitrogens is 4. The molecule has 1 aromatic carbocycles. The van der Waals surface area contributed by atoms with Gasteiger partial charge in [-0.1, -0.05) is 12.1 Å². The quantitative estimate of drug-likeness (QED) is 0.527. The van der Waals surface area contributed by atoms with Crippen molar-refractivity contribution in [1.82, 2.24) is 24.4 Å². The normalized spacial score (nSPS) is 18.6. The Balaban J connectivity index is 1.22. The molecule has 0 aliphatic carbocycles. The van der Waals surface area contributed by atoms with Crippen LogP contribution in [-0.2, 0) is 17.8 Å². The van der Waals surface area contributed by atoms with Crippen molar-refractivity contribution >= 4 is 17.4 Å². The maximum Gasteiger partial charge on any atom is 0.156 e. The van der Waals surface area contributed by atoms with Crippen LogP contribution in [0.3, 0.4) is 0 Å². The Morgan fingerprint density at radius 1 is 1.08 bits per heavy atom. The van der Waals surface area contributed by atoms with Crippen LogP contribution in [0.2, 0.25) is 0 Å². The summed E-state index contributed by atoms with van der Waals surface area (Å²) < 4.78 is 7.85. The molecule has 0 saturated carbocycles. The number of likely N-dealkylation sites (tertiary alicyclic amines) is 1. The molecular weight excluding hydrogens is 466 g/mol. The standard InChI is InChI=1S/C28H35N7O2/c1-37-23-6-4-5-21(15-23)25-18-35(14-13-33-9-2-3-10-33)27(32-25)20-7-11-34(12-8-20)28-24-16-22(36)17-29-26(24)30-19-31-28/h4-6,15,18-20H,2-3,7-14,16-17H2,1H3,(H,29,30,31). The lowest BCUT2D eigenvalue weighted by Crippen LogP contribution is -2.36. The van der Waals surface area contributed by atoms with E-state index in [1.807, 2.05) is 12.1 Å². The second-order valence-electron chi connectivity index (χ2n) is 10.3. The average Bonchev–Trinajstić information content (AvgIpc) is 3.62. The van der Waals surface area contributed by atoms with E-state index < -0.39 is 0 Å². The number of carbonyl (C=O) groups is 1. The van der Waals surface area contributed by atoms with Crippen molar-refractivity contribution in [1.29, 1.82) is 0 Å². The van der Waals surface area contributed by atoms with Gasteiger partial charge in [0.1, 0.15) is 29.5 Å². The third kappa shape index (κ3) is 5.05. The zero-order valence-corrected chi connectivity index (χ0v) is 21.5. The van der Waals surface area contributed by atoms with E-state index in [-0.39, 0.29) is 5.78 Å². The number of nitrogens with one attached hydrogen (secondary N) is 1. The number of anilines is 2. The summed E-state index contributed by atoms with van der Waals surface area (Å²) in [4.78, 5) is 31.1. The number of fused-ring (bicyclic) bond motifs is 1. The number of rotatable bonds is 7. The van der Waals surface area contributed by atoms with Crippen LogP contribution in [0.1, 0.15) is 43.0 Å². The highest BCUT2D eigenvalue weighted by Gasteiger charge is 2.29. The van der Waals surface area contributed by atoms with Crippen LogP contribution in [0.15, 0.2) is 36.8 Å². The smallest absolute Gasteiger partial charge is 0.156 e. The van der Waals surface area contributed by atoms with Gasteiger partial charge >= 0.3 is 0 Å². The Kier molecular flexibility index (Phi) is 6.78. The summed E-state index contributed by atoms with van der Waals surface area (Å²) in [5.74, 6) is 4.29. The predicted octanol–water partition coefficient (Wildman–Crippen LogP) is 3.37. The first-order valence-corrected chi connectivity index (χ1v) is 13.5. The number of imidazole rings is 1. The second kappa shape index (κ2) is 10.5. The van der Waals surface area contributed by atoms with Gasteiger partial charge in [-0.3, -0.25) is 4.79 Å². The van der Waals surface area contributed by atoms with E-state index in [2.05, 4.69) is 48.0 Å². The Labute approximate surface area is 217 Å². The average molecular weight is 502 g/mol. The lowest BCUT2D eigenvalue weighted by molar-refractivity contribution is -0.117. The van der Waals surface area contributed by atoms with Gasteiger partial charge in [0, 0.05) is 55.8 Å². The minimum absolute atomic E-state index is 0.184. The van der Waals surface area contributed by atoms with Crippen molar-refractivity contribution in [3.8, 4) is 17.0 Å². The first kappa shape index (κ1) is 23.9. The number of ketones is 1. The number of benzene rings is 1. The van der Waals surface area contributed by atoms with Crippen LogP contribution in [0.4, 0.5) is 11.6 Å². The van der Waals surface area contributed by atoms with Gasteiger partial charge in [0.25, 0.3) is 0 Å². The molecule has 9 nitrogen and oxygen atoms in total. The molecule has 0 radical (unpaired) electrons. The van der Waals surface area contributed by atoms with Crippen molar-refractivity contribution in [2.45, 2.75) is 44.6 Å².